The monoisotopic (exact) mass is 261 g/mol. The fourth-order valence-electron chi connectivity index (χ4n) is 1.57. The Bertz CT molecular complexity index is 543. The number of nitrogen functional groups attached to an aromatic ring is 1. The molecule has 0 aliphatic carbocycles. The number of phenolic OH excluding ortho intramolecular Hbond substituents is 1. The molecular formula is C14H15NO2S. The van der Waals surface area contributed by atoms with Gasteiger partial charge in [-0.2, -0.15) is 0 Å². The summed E-state index contributed by atoms with van der Waals surface area (Å²) in [5.74, 6) is 1.78. The molecule has 3 nitrogen and oxygen atoms in total. The SMILES string of the molecule is COc1cccc(SCc2cc(N)ccc2O)c1. The molecule has 0 amide bonds. The lowest BCUT2D eigenvalue weighted by Gasteiger charge is -2.07. The highest BCUT2D eigenvalue weighted by Crippen LogP contribution is 2.30. The Balaban J connectivity index is 2.08. The molecule has 2 aromatic carbocycles. The van der Waals surface area contributed by atoms with Crippen LogP contribution in [0.15, 0.2) is 47.4 Å². The summed E-state index contributed by atoms with van der Waals surface area (Å²) in [6, 6.07) is 12.9. The topological polar surface area (TPSA) is 55.5 Å². The summed E-state index contributed by atoms with van der Waals surface area (Å²) >= 11 is 1.63. The molecule has 0 saturated carbocycles. The molecule has 0 radical (unpaired) electrons. The van der Waals surface area contributed by atoms with E-state index in [4.69, 9.17) is 10.5 Å². The van der Waals surface area contributed by atoms with Crippen LogP contribution in [0.1, 0.15) is 5.56 Å². The zero-order chi connectivity index (χ0) is 13.0. The molecule has 0 atom stereocenters. The lowest BCUT2D eigenvalue weighted by atomic mass is 10.2. The van der Waals surface area contributed by atoms with Gasteiger partial charge in [0, 0.05) is 21.9 Å². The van der Waals surface area contributed by atoms with Crippen LogP contribution >= 0.6 is 11.8 Å². The van der Waals surface area contributed by atoms with Crippen LogP contribution < -0.4 is 10.5 Å². The lowest BCUT2D eigenvalue weighted by molar-refractivity contribution is 0.413. The maximum absolute atomic E-state index is 9.72. The Kier molecular flexibility index (Phi) is 3.99. The van der Waals surface area contributed by atoms with Crippen molar-refractivity contribution in [3.63, 3.8) is 0 Å². The van der Waals surface area contributed by atoms with Gasteiger partial charge in [0.1, 0.15) is 11.5 Å². The summed E-state index contributed by atoms with van der Waals surface area (Å²) in [5.41, 5.74) is 7.20. The largest absolute Gasteiger partial charge is 0.508 e. The van der Waals surface area contributed by atoms with Gasteiger partial charge < -0.3 is 15.6 Å². The van der Waals surface area contributed by atoms with E-state index in [0.717, 1.165) is 16.2 Å². The van der Waals surface area contributed by atoms with Crippen molar-refractivity contribution in [3.8, 4) is 11.5 Å². The van der Waals surface area contributed by atoms with Crippen LogP contribution in [0.4, 0.5) is 5.69 Å². The number of ether oxygens (including phenoxy) is 1. The van der Waals surface area contributed by atoms with Crippen LogP contribution in [0.25, 0.3) is 0 Å². The minimum absolute atomic E-state index is 0.277. The average molecular weight is 261 g/mol. The molecule has 0 unspecified atom stereocenters. The Morgan fingerprint density at radius 2 is 2.06 bits per heavy atom. The highest BCUT2D eigenvalue weighted by Gasteiger charge is 2.03. The number of hydrogen-bond donors (Lipinski definition) is 2. The van der Waals surface area contributed by atoms with Gasteiger partial charge in [-0.15, -0.1) is 11.8 Å². The molecule has 0 heterocycles. The van der Waals surface area contributed by atoms with E-state index in [1.807, 2.05) is 24.3 Å². The number of benzene rings is 2. The molecule has 0 spiro atoms. The van der Waals surface area contributed by atoms with E-state index < -0.39 is 0 Å². The average Bonchev–Trinajstić information content (AvgIpc) is 2.40. The number of aromatic hydroxyl groups is 1. The van der Waals surface area contributed by atoms with Gasteiger partial charge in [-0.3, -0.25) is 0 Å². The van der Waals surface area contributed by atoms with E-state index in [1.54, 1.807) is 37.1 Å². The van der Waals surface area contributed by atoms with Crippen molar-refractivity contribution in [2.75, 3.05) is 12.8 Å². The second-order valence-electron chi connectivity index (χ2n) is 3.86. The maximum atomic E-state index is 9.72. The number of rotatable bonds is 4. The van der Waals surface area contributed by atoms with Crippen molar-refractivity contribution in [1.29, 1.82) is 0 Å². The predicted molar refractivity (Wildman–Crippen MR) is 75.1 cm³/mol. The minimum atomic E-state index is 0.277. The standard InChI is InChI=1S/C14H15NO2S/c1-17-12-3-2-4-13(8-12)18-9-10-7-11(15)5-6-14(10)16/h2-8,16H,9,15H2,1H3. The first-order valence-electron chi connectivity index (χ1n) is 5.53. The highest BCUT2D eigenvalue weighted by molar-refractivity contribution is 7.98. The van der Waals surface area contributed by atoms with Crippen molar-refractivity contribution in [2.24, 2.45) is 0 Å². The minimum Gasteiger partial charge on any atom is -0.508 e. The quantitative estimate of drug-likeness (QED) is 0.504. The van der Waals surface area contributed by atoms with Gasteiger partial charge in [-0.1, -0.05) is 6.07 Å². The summed E-state index contributed by atoms with van der Waals surface area (Å²) < 4.78 is 5.17. The number of thioether (sulfide) groups is 1. The third-order valence-corrected chi connectivity index (χ3v) is 3.58. The third kappa shape index (κ3) is 3.11. The second-order valence-corrected chi connectivity index (χ2v) is 4.90. The van der Waals surface area contributed by atoms with Crippen molar-refractivity contribution < 1.29 is 9.84 Å². The summed E-state index contributed by atoms with van der Waals surface area (Å²) in [5, 5.41) is 9.72. The van der Waals surface area contributed by atoms with E-state index in [-0.39, 0.29) is 5.75 Å². The molecular weight excluding hydrogens is 246 g/mol. The molecule has 4 heteroatoms. The van der Waals surface area contributed by atoms with Crippen molar-refractivity contribution in [3.05, 3.63) is 48.0 Å². The lowest BCUT2D eigenvalue weighted by Crippen LogP contribution is -1.88. The third-order valence-electron chi connectivity index (χ3n) is 2.54. The molecule has 0 fully saturated rings. The van der Waals surface area contributed by atoms with Crippen LogP contribution in [0.3, 0.4) is 0 Å². The summed E-state index contributed by atoms with van der Waals surface area (Å²) in [4.78, 5) is 1.09. The van der Waals surface area contributed by atoms with Crippen molar-refractivity contribution >= 4 is 17.4 Å². The second kappa shape index (κ2) is 5.69. The Labute approximate surface area is 111 Å². The van der Waals surface area contributed by atoms with Crippen molar-refractivity contribution in [1.82, 2.24) is 0 Å². The van der Waals surface area contributed by atoms with Gasteiger partial charge in [-0.25, -0.2) is 0 Å². The molecule has 2 aromatic rings. The number of nitrogens with two attached hydrogens (primary N) is 1. The zero-order valence-corrected chi connectivity index (χ0v) is 10.9. The first-order valence-corrected chi connectivity index (χ1v) is 6.52. The van der Waals surface area contributed by atoms with Crippen LogP contribution in [-0.2, 0) is 5.75 Å². The van der Waals surface area contributed by atoms with Gasteiger partial charge in [0.2, 0.25) is 0 Å². The molecule has 0 aliphatic rings. The molecule has 3 N–H and O–H groups in total. The Hall–Kier alpha value is -1.81. The van der Waals surface area contributed by atoms with E-state index in [1.165, 1.54) is 0 Å². The van der Waals surface area contributed by atoms with Crippen molar-refractivity contribution in [2.45, 2.75) is 10.6 Å². The fraction of sp³-hybridized carbons (Fsp3) is 0.143. The summed E-state index contributed by atoms with van der Waals surface area (Å²) in [6.45, 7) is 0. The summed E-state index contributed by atoms with van der Waals surface area (Å²) in [7, 11) is 1.65. The van der Waals surface area contributed by atoms with Gasteiger partial charge >= 0.3 is 0 Å². The molecule has 18 heavy (non-hydrogen) atoms. The Morgan fingerprint density at radius 1 is 1.22 bits per heavy atom. The normalized spacial score (nSPS) is 10.3. The smallest absolute Gasteiger partial charge is 0.119 e. The van der Waals surface area contributed by atoms with Crippen LogP contribution in [0.5, 0.6) is 11.5 Å². The van der Waals surface area contributed by atoms with Gasteiger partial charge in [-0.05, 0) is 36.4 Å². The zero-order valence-electron chi connectivity index (χ0n) is 10.1. The molecule has 0 saturated heterocycles. The van der Waals surface area contributed by atoms with Crippen LogP contribution in [0, 0.1) is 0 Å². The number of anilines is 1. The molecule has 0 aromatic heterocycles. The number of hydrogen-bond acceptors (Lipinski definition) is 4. The van der Waals surface area contributed by atoms with E-state index in [2.05, 4.69) is 0 Å². The van der Waals surface area contributed by atoms with E-state index in [9.17, 15) is 5.11 Å². The van der Waals surface area contributed by atoms with E-state index >= 15 is 0 Å². The highest BCUT2D eigenvalue weighted by atomic mass is 32.2. The van der Waals surface area contributed by atoms with Crippen LogP contribution in [0.2, 0.25) is 0 Å². The van der Waals surface area contributed by atoms with Gasteiger partial charge in [0.25, 0.3) is 0 Å². The molecule has 94 valence electrons. The fourth-order valence-corrected chi connectivity index (χ4v) is 2.50. The number of phenols is 1. The van der Waals surface area contributed by atoms with E-state index in [0.29, 0.717) is 11.4 Å². The first kappa shape index (κ1) is 12.6. The van der Waals surface area contributed by atoms with Gasteiger partial charge in [0.15, 0.2) is 0 Å². The summed E-state index contributed by atoms with van der Waals surface area (Å²) in [6.07, 6.45) is 0. The number of methoxy groups -OCH3 is 1. The molecule has 0 aliphatic heterocycles. The predicted octanol–water partition coefficient (Wildman–Crippen LogP) is 3.28. The van der Waals surface area contributed by atoms with Crippen LogP contribution in [-0.4, -0.2) is 12.2 Å². The molecule has 0 bridgehead atoms. The molecule has 2 rings (SSSR count). The maximum Gasteiger partial charge on any atom is 0.119 e. The Morgan fingerprint density at radius 3 is 2.83 bits per heavy atom. The van der Waals surface area contributed by atoms with Gasteiger partial charge in [0.05, 0.1) is 7.11 Å². The first-order chi connectivity index (χ1) is 8.69.